The Morgan fingerprint density at radius 1 is 1.04 bits per heavy atom. The molecule has 3 heterocycles. The summed E-state index contributed by atoms with van der Waals surface area (Å²) >= 11 is 0. The van der Waals surface area contributed by atoms with Crippen molar-refractivity contribution < 1.29 is 4.79 Å². The van der Waals surface area contributed by atoms with Gasteiger partial charge < -0.3 is 14.4 Å². The number of fused-ring (bicyclic) bond motifs is 1. The fourth-order valence-corrected chi connectivity index (χ4v) is 3.47. The molecule has 138 valence electrons. The van der Waals surface area contributed by atoms with Crippen molar-refractivity contribution in [3.05, 3.63) is 64.7 Å². The van der Waals surface area contributed by atoms with Crippen LogP contribution in [0.4, 0.5) is 5.82 Å². The second-order valence-corrected chi connectivity index (χ2v) is 6.47. The van der Waals surface area contributed by atoms with Crippen LogP contribution in [0.25, 0.3) is 11.0 Å². The highest BCUT2D eigenvalue weighted by Crippen LogP contribution is 2.15. The first-order chi connectivity index (χ1) is 13.2. The van der Waals surface area contributed by atoms with Gasteiger partial charge in [0.15, 0.2) is 5.69 Å². The van der Waals surface area contributed by atoms with Crippen LogP contribution in [0.2, 0.25) is 0 Å². The maximum absolute atomic E-state index is 13.0. The first-order valence-electron chi connectivity index (χ1n) is 9.14. The van der Waals surface area contributed by atoms with Crippen LogP contribution in [0, 0.1) is 0 Å². The van der Waals surface area contributed by atoms with Gasteiger partial charge in [-0.3, -0.25) is 9.59 Å². The Bertz CT molecular complexity index is 1020. The van der Waals surface area contributed by atoms with Gasteiger partial charge in [-0.2, -0.15) is 0 Å². The number of hydrogen-bond acceptors (Lipinski definition) is 5. The number of piperazine rings is 1. The number of anilines is 1. The van der Waals surface area contributed by atoms with Gasteiger partial charge in [-0.25, -0.2) is 9.97 Å². The van der Waals surface area contributed by atoms with Crippen LogP contribution >= 0.6 is 0 Å². The van der Waals surface area contributed by atoms with E-state index in [-0.39, 0.29) is 17.2 Å². The standard InChI is InChI=1S/C20H21N5O2/c1-2-25-16-8-4-3-7-15(16)22-18(20(25)27)19(26)24-13-11-23(12-14-24)17-9-5-6-10-21-17/h3-10H,2,11-14H2,1H3. The van der Waals surface area contributed by atoms with Gasteiger partial charge in [0.25, 0.3) is 11.5 Å². The number of rotatable bonds is 3. The highest BCUT2D eigenvalue weighted by Gasteiger charge is 2.26. The summed E-state index contributed by atoms with van der Waals surface area (Å²) in [5, 5.41) is 0. The van der Waals surface area contributed by atoms with E-state index in [1.54, 1.807) is 15.7 Å². The number of benzene rings is 1. The molecule has 1 aliphatic rings. The normalized spacial score (nSPS) is 14.6. The third kappa shape index (κ3) is 3.16. The fraction of sp³-hybridized carbons (Fsp3) is 0.300. The Kier molecular flexibility index (Phi) is 4.58. The maximum Gasteiger partial charge on any atom is 0.282 e. The molecule has 3 aromatic rings. The van der Waals surface area contributed by atoms with E-state index in [0.717, 1.165) is 11.3 Å². The van der Waals surface area contributed by atoms with Gasteiger partial charge in [-0.1, -0.05) is 18.2 Å². The van der Waals surface area contributed by atoms with Crippen molar-refractivity contribution in [1.29, 1.82) is 0 Å². The highest BCUT2D eigenvalue weighted by molar-refractivity contribution is 5.94. The number of para-hydroxylation sites is 2. The van der Waals surface area contributed by atoms with Crippen molar-refractivity contribution in [3.63, 3.8) is 0 Å². The molecule has 0 atom stereocenters. The summed E-state index contributed by atoms with van der Waals surface area (Å²) in [6.45, 7) is 4.82. The summed E-state index contributed by atoms with van der Waals surface area (Å²) in [7, 11) is 0. The number of hydrogen-bond donors (Lipinski definition) is 0. The zero-order valence-electron chi connectivity index (χ0n) is 15.2. The number of aryl methyl sites for hydroxylation is 1. The Morgan fingerprint density at radius 3 is 2.48 bits per heavy atom. The van der Waals surface area contributed by atoms with E-state index in [2.05, 4.69) is 14.9 Å². The molecule has 1 amide bonds. The minimum Gasteiger partial charge on any atom is -0.353 e. The first kappa shape index (κ1) is 17.2. The van der Waals surface area contributed by atoms with E-state index in [1.165, 1.54) is 0 Å². The minimum atomic E-state index is -0.326. The van der Waals surface area contributed by atoms with E-state index < -0.39 is 0 Å². The number of amides is 1. The lowest BCUT2D eigenvalue weighted by Crippen LogP contribution is -2.50. The molecule has 0 aliphatic carbocycles. The zero-order valence-corrected chi connectivity index (χ0v) is 15.2. The average molecular weight is 363 g/mol. The lowest BCUT2D eigenvalue weighted by molar-refractivity contribution is 0.0738. The van der Waals surface area contributed by atoms with E-state index >= 15 is 0 Å². The van der Waals surface area contributed by atoms with Crippen LogP contribution < -0.4 is 10.5 Å². The van der Waals surface area contributed by atoms with Crippen LogP contribution in [0.5, 0.6) is 0 Å². The molecule has 7 nitrogen and oxygen atoms in total. The molecular formula is C20H21N5O2. The largest absolute Gasteiger partial charge is 0.353 e. The first-order valence-corrected chi connectivity index (χ1v) is 9.14. The van der Waals surface area contributed by atoms with Crippen LogP contribution in [0.15, 0.2) is 53.5 Å². The summed E-state index contributed by atoms with van der Waals surface area (Å²) < 4.78 is 1.61. The number of aromatic nitrogens is 3. The molecule has 1 aliphatic heterocycles. The van der Waals surface area contributed by atoms with Gasteiger partial charge in [-0.15, -0.1) is 0 Å². The number of nitrogens with zero attached hydrogens (tertiary/aromatic N) is 5. The Balaban J connectivity index is 1.59. The van der Waals surface area contributed by atoms with Crippen LogP contribution in [-0.2, 0) is 6.54 Å². The molecule has 0 radical (unpaired) electrons. The van der Waals surface area contributed by atoms with Crippen molar-refractivity contribution in [2.75, 3.05) is 31.1 Å². The summed E-state index contributed by atoms with van der Waals surface area (Å²) in [5.41, 5.74) is 1.09. The van der Waals surface area contributed by atoms with Gasteiger partial charge in [0.1, 0.15) is 5.82 Å². The number of carbonyl (C=O) groups is 1. The lowest BCUT2D eigenvalue weighted by atomic mass is 10.2. The minimum absolute atomic E-state index is 0.00170. The van der Waals surface area contributed by atoms with E-state index in [0.29, 0.717) is 38.2 Å². The van der Waals surface area contributed by atoms with E-state index in [1.807, 2.05) is 49.4 Å². The molecule has 7 heteroatoms. The van der Waals surface area contributed by atoms with Gasteiger partial charge in [0.05, 0.1) is 11.0 Å². The smallest absolute Gasteiger partial charge is 0.282 e. The monoisotopic (exact) mass is 363 g/mol. The van der Waals surface area contributed by atoms with Crippen LogP contribution in [0.1, 0.15) is 17.4 Å². The van der Waals surface area contributed by atoms with Gasteiger partial charge >= 0.3 is 0 Å². The lowest BCUT2D eigenvalue weighted by Gasteiger charge is -2.35. The molecular weight excluding hydrogens is 342 g/mol. The Labute approximate surface area is 156 Å². The topological polar surface area (TPSA) is 71.3 Å². The molecule has 0 unspecified atom stereocenters. The van der Waals surface area contributed by atoms with E-state index in [4.69, 9.17) is 0 Å². The molecule has 4 rings (SSSR count). The summed E-state index contributed by atoms with van der Waals surface area (Å²) in [6, 6.07) is 13.2. The molecule has 2 aromatic heterocycles. The molecule has 0 bridgehead atoms. The van der Waals surface area contributed by atoms with Crippen molar-refractivity contribution in [1.82, 2.24) is 19.4 Å². The molecule has 1 fully saturated rings. The SMILES string of the molecule is CCn1c(=O)c(C(=O)N2CCN(c3ccccn3)CC2)nc2ccccc21. The third-order valence-electron chi connectivity index (χ3n) is 4.91. The second-order valence-electron chi connectivity index (χ2n) is 6.47. The van der Waals surface area contributed by atoms with Crippen molar-refractivity contribution in [2.24, 2.45) is 0 Å². The van der Waals surface area contributed by atoms with Crippen LogP contribution in [0.3, 0.4) is 0 Å². The molecule has 0 spiro atoms. The fourth-order valence-electron chi connectivity index (χ4n) is 3.47. The molecule has 0 saturated carbocycles. The molecule has 27 heavy (non-hydrogen) atoms. The third-order valence-corrected chi connectivity index (χ3v) is 4.91. The number of carbonyl (C=O) groups excluding carboxylic acids is 1. The maximum atomic E-state index is 13.0. The predicted molar refractivity (Wildman–Crippen MR) is 104 cm³/mol. The summed E-state index contributed by atoms with van der Waals surface area (Å²) in [6.07, 6.45) is 1.76. The predicted octanol–water partition coefficient (Wildman–Crippen LogP) is 1.77. The quantitative estimate of drug-likeness (QED) is 0.709. The van der Waals surface area contributed by atoms with Gasteiger partial charge in [-0.05, 0) is 31.2 Å². The van der Waals surface area contributed by atoms with E-state index in [9.17, 15) is 9.59 Å². The Hall–Kier alpha value is -3.22. The average Bonchev–Trinajstić information content (AvgIpc) is 2.73. The van der Waals surface area contributed by atoms with Crippen LogP contribution in [-0.4, -0.2) is 51.5 Å². The summed E-state index contributed by atoms with van der Waals surface area (Å²) in [4.78, 5) is 38.4. The van der Waals surface area contributed by atoms with Gasteiger partial charge in [0, 0.05) is 38.9 Å². The zero-order chi connectivity index (χ0) is 18.8. The molecule has 0 N–H and O–H groups in total. The van der Waals surface area contributed by atoms with Crippen molar-refractivity contribution in [2.45, 2.75) is 13.5 Å². The van der Waals surface area contributed by atoms with Crippen molar-refractivity contribution in [3.8, 4) is 0 Å². The van der Waals surface area contributed by atoms with Crippen molar-refractivity contribution >= 4 is 22.8 Å². The Morgan fingerprint density at radius 2 is 1.78 bits per heavy atom. The molecule has 1 aromatic carbocycles. The van der Waals surface area contributed by atoms with Gasteiger partial charge in [0.2, 0.25) is 0 Å². The number of pyridine rings is 1. The highest BCUT2D eigenvalue weighted by atomic mass is 16.2. The molecule has 1 saturated heterocycles. The summed E-state index contributed by atoms with van der Waals surface area (Å²) in [5.74, 6) is 0.607. The second kappa shape index (κ2) is 7.19.